The molecule has 3 aromatic rings. The fourth-order valence-electron chi connectivity index (χ4n) is 5.55. The Morgan fingerprint density at radius 3 is 2.39 bits per heavy atom. The van der Waals surface area contributed by atoms with Crippen LogP contribution in [-0.2, 0) is 11.3 Å². The summed E-state index contributed by atoms with van der Waals surface area (Å²) in [5.41, 5.74) is 0.253. The Morgan fingerprint density at radius 1 is 1.03 bits per heavy atom. The van der Waals surface area contributed by atoms with Crippen molar-refractivity contribution < 1.29 is 18.7 Å². The standard InChI is InChI=1S/C27H32F2N6O3/c1-25(5-6-25)24(37)33-11-7-26(38,8-12-33)17-34-18-30-22-21(23(34)36)16-31-35(22)20-4-2-3-19(15-20)32-13-9-27(28,29)10-14-32/h2-4,15-16,18,38H,5-14,17H2,1H3. The fraction of sp³-hybridized carbons (Fsp3) is 0.556. The zero-order chi connectivity index (χ0) is 26.7. The summed E-state index contributed by atoms with van der Waals surface area (Å²) < 4.78 is 30.2. The molecule has 2 saturated heterocycles. The van der Waals surface area contributed by atoms with Crippen LogP contribution < -0.4 is 10.5 Å². The SMILES string of the molecule is CC1(C(=O)N2CCC(O)(Cn3cnc4c(cnn4-c4cccc(N5CCC(F)(F)CC5)c4)c3=O)CC2)CC1. The fourth-order valence-corrected chi connectivity index (χ4v) is 5.55. The number of hydrogen-bond donors (Lipinski definition) is 1. The van der Waals surface area contributed by atoms with Crippen molar-refractivity contribution in [1.82, 2.24) is 24.2 Å². The molecule has 0 radical (unpaired) electrons. The van der Waals surface area contributed by atoms with Crippen LogP contribution in [-0.4, -0.2) is 72.9 Å². The molecule has 2 aromatic heterocycles. The van der Waals surface area contributed by atoms with Gasteiger partial charge in [0.25, 0.3) is 11.5 Å². The molecule has 0 atom stereocenters. The first-order chi connectivity index (χ1) is 18.1. The number of halogens is 2. The summed E-state index contributed by atoms with van der Waals surface area (Å²) in [5.74, 6) is -2.46. The van der Waals surface area contributed by atoms with Crippen molar-refractivity contribution in [3.8, 4) is 5.69 Å². The van der Waals surface area contributed by atoms with Crippen molar-refractivity contribution in [3.63, 3.8) is 0 Å². The van der Waals surface area contributed by atoms with E-state index in [1.165, 1.54) is 17.1 Å². The highest BCUT2D eigenvalue weighted by molar-refractivity contribution is 5.85. The van der Waals surface area contributed by atoms with E-state index >= 15 is 0 Å². The number of carbonyl (C=O) groups excluding carboxylic acids is 1. The summed E-state index contributed by atoms with van der Waals surface area (Å²) in [6.45, 7) is 3.56. The van der Waals surface area contributed by atoms with Crippen molar-refractivity contribution in [2.75, 3.05) is 31.1 Å². The van der Waals surface area contributed by atoms with E-state index in [1.807, 2.05) is 41.0 Å². The average Bonchev–Trinajstić information content (AvgIpc) is 3.50. The Hall–Kier alpha value is -3.34. The van der Waals surface area contributed by atoms with Crippen LogP contribution in [0.25, 0.3) is 16.7 Å². The normalized spacial score (nSPS) is 22.0. The lowest BCUT2D eigenvalue weighted by atomic mass is 9.90. The highest BCUT2D eigenvalue weighted by Gasteiger charge is 2.48. The van der Waals surface area contributed by atoms with Gasteiger partial charge in [-0.2, -0.15) is 5.10 Å². The Morgan fingerprint density at radius 2 is 1.71 bits per heavy atom. The molecular weight excluding hydrogens is 494 g/mol. The maximum Gasteiger partial charge on any atom is 0.264 e. The molecule has 2 aliphatic heterocycles. The van der Waals surface area contributed by atoms with E-state index in [4.69, 9.17) is 0 Å². The van der Waals surface area contributed by atoms with Gasteiger partial charge in [0.05, 0.1) is 24.0 Å². The third-order valence-electron chi connectivity index (χ3n) is 8.45. The van der Waals surface area contributed by atoms with Gasteiger partial charge in [-0.15, -0.1) is 0 Å². The molecule has 1 saturated carbocycles. The Labute approximate surface area is 218 Å². The van der Waals surface area contributed by atoms with Crippen LogP contribution in [0, 0.1) is 5.41 Å². The monoisotopic (exact) mass is 526 g/mol. The zero-order valence-electron chi connectivity index (χ0n) is 21.4. The first-order valence-corrected chi connectivity index (χ1v) is 13.2. The molecule has 0 spiro atoms. The molecule has 1 N–H and O–H groups in total. The second-order valence-corrected chi connectivity index (χ2v) is 11.4. The minimum Gasteiger partial charge on any atom is -0.388 e. The molecule has 9 nitrogen and oxygen atoms in total. The number of aliphatic hydroxyl groups is 1. The van der Waals surface area contributed by atoms with Crippen LogP contribution in [0.3, 0.4) is 0 Å². The van der Waals surface area contributed by atoms with Crippen molar-refractivity contribution in [2.45, 2.75) is 63.5 Å². The lowest BCUT2D eigenvalue weighted by Gasteiger charge is -2.39. The van der Waals surface area contributed by atoms with Gasteiger partial charge in [-0.3, -0.25) is 14.2 Å². The molecular formula is C27H32F2N6O3. The second kappa shape index (κ2) is 8.86. The van der Waals surface area contributed by atoms with Gasteiger partial charge in [-0.25, -0.2) is 18.4 Å². The Kier molecular flexibility index (Phi) is 5.82. The van der Waals surface area contributed by atoms with Gasteiger partial charge < -0.3 is 14.9 Å². The average molecular weight is 527 g/mol. The van der Waals surface area contributed by atoms with Crippen LogP contribution in [0.1, 0.15) is 45.4 Å². The lowest BCUT2D eigenvalue weighted by molar-refractivity contribution is -0.141. The number of piperidine rings is 2. The number of hydrogen-bond acceptors (Lipinski definition) is 6. The summed E-state index contributed by atoms with van der Waals surface area (Å²) in [6, 6.07) is 7.41. The minimum atomic E-state index is -2.62. The number of benzene rings is 1. The molecule has 6 rings (SSSR count). The summed E-state index contributed by atoms with van der Waals surface area (Å²) in [7, 11) is 0. The molecule has 1 aromatic carbocycles. The summed E-state index contributed by atoms with van der Waals surface area (Å²) in [4.78, 5) is 34.2. The molecule has 1 aliphatic carbocycles. The number of aromatic nitrogens is 4. The zero-order valence-corrected chi connectivity index (χ0v) is 21.4. The van der Waals surface area contributed by atoms with Gasteiger partial charge in [0.15, 0.2) is 5.65 Å². The molecule has 38 heavy (non-hydrogen) atoms. The van der Waals surface area contributed by atoms with Gasteiger partial charge in [-0.1, -0.05) is 13.0 Å². The largest absolute Gasteiger partial charge is 0.388 e. The van der Waals surface area contributed by atoms with E-state index in [2.05, 4.69) is 10.1 Å². The number of likely N-dealkylation sites (tertiary alicyclic amines) is 1. The number of rotatable bonds is 5. The minimum absolute atomic E-state index is 0.0916. The number of fused-ring (bicyclic) bond motifs is 1. The van der Waals surface area contributed by atoms with Crippen molar-refractivity contribution >= 4 is 22.6 Å². The molecule has 3 fully saturated rings. The Bertz CT molecular complexity index is 1430. The number of amides is 1. The topological polar surface area (TPSA) is 96.5 Å². The number of anilines is 1. The second-order valence-electron chi connectivity index (χ2n) is 11.4. The smallest absolute Gasteiger partial charge is 0.264 e. The van der Waals surface area contributed by atoms with Crippen molar-refractivity contribution in [3.05, 3.63) is 47.1 Å². The Balaban J connectivity index is 1.19. The predicted molar refractivity (Wildman–Crippen MR) is 138 cm³/mol. The molecule has 3 aliphatic rings. The van der Waals surface area contributed by atoms with Crippen molar-refractivity contribution in [1.29, 1.82) is 0 Å². The molecule has 4 heterocycles. The number of nitrogens with zero attached hydrogens (tertiary/aromatic N) is 6. The maximum atomic E-state index is 13.6. The number of carbonyl (C=O) groups is 1. The predicted octanol–water partition coefficient (Wildman–Crippen LogP) is 2.97. The van der Waals surface area contributed by atoms with E-state index < -0.39 is 11.5 Å². The maximum absolute atomic E-state index is 13.6. The van der Waals surface area contributed by atoms with Crippen LogP contribution >= 0.6 is 0 Å². The molecule has 202 valence electrons. The van der Waals surface area contributed by atoms with Crippen LogP contribution in [0.15, 0.2) is 41.6 Å². The van der Waals surface area contributed by atoms with E-state index in [-0.39, 0.29) is 49.4 Å². The van der Waals surface area contributed by atoms with E-state index in [0.717, 1.165) is 18.5 Å². The first kappa shape index (κ1) is 25.0. The third kappa shape index (κ3) is 4.57. The lowest BCUT2D eigenvalue weighted by Crippen LogP contribution is -2.51. The van der Waals surface area contributed by atoms with Crippen LogP contribution in [0.2, 0.25) is 0 Å². The summed E-state index contributed by atoms with van der Waals surface area (Å²) in [5, 5.41) is 15.9. The quantitative estimate of drug-likeness (QED) is 0.549. The third-order valence-corrected chi connectivity index (χ3v) is 8.45. The molecule has 0 unspecified atom stereocenters. The highest BCUT2D eigenvalue weighted by atomic mass is 19.3. The molecule has 11 heteroatoms. The summed E-state index contributed by atoms with van der Waals surface area (Å²) in [6.07, 6.45) is 5.18. The van der Waals surface area contributed by atoms with Gasteiger partial charge in [-0.05, 0) is 43.9 Å². The van der Waals surface area contributed by atoms with E-state index in [9.17, 15) is 23.5 Å². The van der Waals surface area contributed by atoms with Gasteiger partial charge >= 0.3 is 0 Å². The highest BCUT2D eigenvalue weighted by Crippen LogP contribution is 2.47. The van der Waals surface area contributed by atoms with Crippen LogP contribution in [0.5, 0.6) is 0 Å². The van der Waals surface area contributed by atoms with Gasteiger partial charge in [0.1, 0.15) is 11.7 Å². The number of alkyl halides is 2. The van der Waals surface area contributed by atoms with Crippen LogP contribution in [0.4, 0.5) is 14.5 Å². The van der Waals surface area contributed by atoms with Gasteiger partial charge in [0, 0.05) is 50.1 Å². The summed E-state index contributed by atoms with van der Waals surface area (Å²) >= 11 is 0. The first-order valence-electron chi connectivity index (χ1n) is 13.2. The molecule has 1 amide bonds. The van der Waals surface area contributed by atoms with Crippen molar-refractivity contribution in [2.24, 2.45) is 5.41 Å². The molecule has 0 bridgehead atoms. The van der Waals surface area contributed by atoms with E-state index in [1.54, 1.807) is 4.68 Å². The van der Waals surface area contributed by atoms with E-state index in [0.29, 0.717) is 42.7 Å². The van der Waals surface area contributed by atoms with Gasteiger partial charge in [0.2, 0.25) is 5.91 Å².